The molecule has 6 nitrogen and oxygen atoms in total. The van der Waals surface area contributed by atoms with E-state index in [-0.39, 0.29) is 12.5 Å². The third kappa shape index (κ3) is 7.17. The molecular formula is C24H32N2O4S2. The quantitative estimate of drug-likeness (QED) is 0.485. The lowest BCUT2D eigenvalue weighted by atomic mass is 10.1. The highest BCUT2D eigenvalue weighted by Crippen LogP contribution is 2.29. The zero-order valence-corrected chi connectivity index (χ0v) is 20.4. The summed E-state index contributed by atoms with van der Waals surface area (Å²) < 4.78 is 31.6. The standard InChI is InChI=1S/C24H32N2O4S2/c1-3-30-22-14-12-21(13-15-22)26(32(2,28)29)18-19-8-10-20(11-9-19)24(27)25-16-17-31-23-6-4-5-7-23/h8-15,23H,3-7,16-18H2,1-2H3,(H,25,27). The van der Waals surface area contributed by atoms with Crippen molar-refractivity contribution in [2.24, 2.45) is 0 Å². The van der Waals surface area contributed by atoms with E-state index in [0.29, 0.717) is 30.2 Å². The van der Waals surface area contributed by atoms with Crippen molar-refractivity contribution in [3.05, 3.63) is 59.7 Å². The van der Waals surface area contributed by atoms with Gasteiger partial charge in [0.2, 0.25) is 10.0 Å². The Morgan fingerprint density at radius 1 is 1.09 bits per heavy atom. The van der Waals surface area contributed by atoms with Gasteiger partial charge in [0, 0.05) is 23.1 Å². The minimum atomic E-state index is -3.48. The maximum Gasteiger partial charge on any atom is 0.251 e. The van der Waals surface area contributed by atoms with E-state index in [1.807, 2.05) is 18.7 Å². The first-order valence-electron chi connectivity index (χ1n) is 11.1. The molecule has 0 radical (unpaired) electrons. The molecule has 3 rings (SSSR count). The Hall–Kier alpha value is -2.19. The van der Waals surface area contributed by atoms with Gasteiger partial charge in [-0.05, 0) is 61.7 Å². The first-order chi connectivity index (χ1) is 15.4. The smallest absolute Gasteiger partial charge is 0.251 e. The highest BCUT2D eigenvalue weighted by Gasteiger charge is 2.18. The molecule has 0 heterocycles. The zero-order valence-electron chi connectivity index (χ0n) is 18.7. The number of benzene rings is 2. The molecule has 0 spiro atoms. The second kappa shape index (κ2) is 11.6. The highest BCUT2D eigenvalue weighted by atomic mass is 32.2. The number of hydrogen-bond acceptors (Lipinski definition) is 5. The van der Waals surface area contributed by atoms with Gasteiger partial charge in [0.05, 0.1) is 25.1 Å². The molecule has 0 bridgehead atoms. The Morgan fingerprint density at radius 2 is 1.75 bits per heavy atom. The summed E-state index contributed by atoms with van der Waals surface area (Å²) in [6, 6.07) is 14.1. The van der Waals surface area contributed by atoms with Crippen molar-refractivity contribution >= 4 is 33.4 Å². The summed E-state index contributed by atoms with van der Waals surface area (Å²) in [5, 5.41) is 3.72. The molecule has 2 aromatic carbocycles. The lowest BCUT2D eigenvalue weighted by Gasteiger charge is -2.23. The van der Waals surface area contributed by atoms with E-state index in [4.69, 9.17) is 4.74 Å². The first-order valence-corrected chi connectivity index (χ1v) is 14.0. The lowest BCUT2D eigenvalue weighted by molar-refractivity contribution is 0.0956. The Morgan fingerprint density at radius 3 is 2.34 bits per heavy atom. The number of amides is 1. The van der Waals surface area contributed by atoms with Gasteiger partial charge in [0.15, 0.2) is 0 Å². The maximum atomic E-state index is 12.4. The molecule has 1 aliphatic rings. The summed E-state index contributed by atoms with van der Waals surface area (Å²) in [4.78, 5) is 12.4. The number of nitrogens with zero attached hydrogens (tertiary/aromatic N) is 1. The van der Waals surface area contributed by atoms with Crippen molar-refractivity contribution in [2.75, 3.05) is 29.5 Å². The van der Waals surface area contributed by atoms with Crippen LogP contribution in [0.4, 0.5) is 5.69 Å². The van der Waals surface area contributed by atoms with E-state index < -0.39 is 10.0 Å². The molecule has 1 N–H and O–H groups in total. The molecule has 0 aliphatic heterocycles. The van der Waals surface area contributed by atoms with E-state index in [2.05, 4.69) is 5.32 Å². The molecule has 0 saturated heterocycles. The van der Waals surface area contributed by atoms with Crippen molar-refractivity contribution < 1.29 is 17.9 Å². The molecule has 0 atom stereocenters. The van der Waals surface area contributed by atoms with E-state index in [1.54, 1.807) is 48.5 Å². The molecule has 8 heteroatoms. The van der Waals surface area contributed by atoms with Crippen molar-refractivity contribution in [1.82, 2.24) is 5.32 Å². The Bertz CT molecular complexity index is 970. The predicted octanol–water partition coefficient (Wildman–Crippen LogP) is 4.46. The SMILES string of the molecule is CCOc1ccc(N(Cc2ccc(C(=O)NCCSC3CCCC3)cc2)S(C)(=O)=O)cc1. The second-order valence-corrected chi connectivity index (χ2v) is 11.2. The van der Waals surface area contributed by atoms with Gasteiger partial charge in [-0.3, -0.25) is 9.10 Å². The number of rotatable bonds is 11. The van der Waals surface area contributed by atoms with Crippen LogP contribution in [0.15, 0.2) is 48.5 Å². The van der Waals surface area contributed by atoms with Crippen LogP contribution in [0.25, 0.3) is 0 Å². The van der Waals surface area contributed by atoms with Crippen LogP contribution in [0.2, 0.25) is 0 Å². The number of anilines is 1. The predicted molar refractivity (Wildman–Crippen MR) is 132 cm³/mol. The third-order valence-electron chi connectivity index (χ3n) is 5.42. The van der Waals surface area contributed by atoms with E-state index in [9.17, 15) is 13.2 Å². The number of nitrogens with one attached hydrogen (secondary N) is 1. The topological polar surface area (TPSA) is 75.7 Å². The van der Waals surface area contributed by atoms with Crippen LogP contribution in [0.1, 0.15) is 48.5 Å². The van der Waals surface area contributed by atoms with Crippen LogP contribution in [0.3, 0.4) is 0 Å². The molecule has 2 aromatic rings. The second-order valence-electron chi connectivity index (χ2n) is 7.93. The normalized spacial score (nSPS) is 14.3. The van der Waals surface area contributed by atoms with Crippen LogP contribution in [0.5, 0.6) is 5.75 Å². The van der Waals surface area contributed by atoms with Crippen LogP contribution in [-0.2, 0) is 16.6 Å². The average molecular weight is 477 g/mol. The minimum Gasteiger partial charge on any atom is -0.494 e. The molecule has 1 amide bonds. The summed E-state index contributed by atoms with van der Waals surface area (Å²) in [6.07, 6.45) is 6.43. The molecule has 174 valence electrons. The van der Waals surface area contributed by atoms with Crippen molar-refractivity contribution in [3.63, 3.8) is 0 Å². The van der Waals surface area contributed by atoms with Gasteiger partial charge in [-0.1, -0.05) is 25.0 Å². The number of thioether (sulfide) groups is 1. The van der Waals surface area contributed by atoms with Crippen LogP contribution in [-0.4, -0.2) is 44.7 Å². The fourth-order valence-corrected chi connectivity index (χ4v) is 5.86. The van der Waals surface area contributed by atoms with Gasteiger partial charge in [-0.25, -0.2) is 8.42 Å². The van der Waals surface area contributed by atoms with Gasteiger partial charge in [-0.2, -0.15) is 11.8 Å². The molecule has 1 fully saturated rings. The summed E-state index contributed by atoms with van der Waals surface area (Å²) in [6.45, 7) is 3.29. The summed E-state index contributed by atoms with van der Waals surface area (Å²) >= 11 is 1.95. The number of hydrogen-bond donors (Lipinski definition) is 1. The average Bonchev–Trinajstić information content (AvgIpc) is 3.29. The Kier molecular flexibility index (Phi) is 8.87. The lowest BCUT2D eigenvalue weighted by Crippen LogP contribution is -2.29. The molecule has 1 saturated carbocycles. The number of ether oxygens (including phenoxy) is 1. The largest absolute Gasteiger partial charge is 0.494 e. The van der Waals surface area contributed by atoms with Crippen molar-refractivity contribution in [2.45, 2.75) is 44.4 Å². The van der Waals surface area contributed by atoms with E-state index >= 15 is 0 Å². The summed E-state index contributed by atoms with van der Waals surface area (Å²) in [5.74, 6) is 1.52. The van der Waals surface area contributed by atoms with Crippen LogP contribution < -0.4 is 14.4 Å². The van der Waals surface area contributed by atoms with E-state index in [0.717, 1.165) is 16.6 Å². The Labute approximate surface area is 195 Å². The number of carbonyl (C=O) groups is 1. The summed E-state index contributed by atoms with van der Waals surface area (Å²) in [5.41, 5.74) is 1.95. The molecular weight excluding hydrogens is 444 g/mol. The molecule has 0 aromatic heterocycles. The number of carbonyl (C=O) groups excluding carboxylic acids is 1. The Balaban J connectivity index is 1.57. The number of sulfonamides is 1. The minimum absolute atomic E-state index is 0.102. The van der Waals surface area contributed by atoms with Gasteiger partial charge in [0.1, 0.15) is 5.75 Å². The van der Waals surface area contributed by atoms with Gasteiger partial charge >= 0.3 is 0 Å². The fourth-order valence-electron chi connectivity index (χ4n) is 3.75. The van der Waals surface area contributed by atoms with Crippen molar-refractivity contribution in [3.8, 4) is 5.75 Å². The van der Waals surface area contributed by atoms with E-state index in [1.165, 1.54) is 36.2 Å². The van der Waals surface area contributed by atoms with Crippen molar-refractivity contribution in [1.29, 1.82) is 0 Å². The fraction of sp³-hybridized carbons (Fsp3) is 0.458. The first kappa shape index (κ1) is 24.5. The van der Waals surface area contributed by atoms with Crippen LogP contribution >= 0.6 is 11.8 Å². The van der Waals surface area contributed by atoms with Gasteiger partial charge in [-0.15, -0.1) is 0 Å². The van der Waals surface area contributed by atoms with Crippen LogP contribution in [0, 0.1) is 0 Å². The third-order valence-corrected chi connectivity index (χ3v) is 7.94. The molecule has 32 heavy (non-hydrogen) atoms. The maximum absolute atomic E-state index is 12.4. The van der Waals surface area contributed by atoms with Gasteiger partial charge < -0.3 is 10.1 Å². The summed E-state index contributed by atoms with van der Waals surface area (Å²) in [7, 11) is -3.48. The molecule has 0 unspecified atom stereocenters. The van der Waals surface area contributed by atoms with Gasteiger partial charge in [0.25, 0.3) is 5.91 Å². The monoisotopic (exact) mass is 476 g/mol. The highest BCUT2D eigenvalue weighted by molar-refractivity contribution is 7.99. The molecule has 1 aliphatic carbocycles. The zero-order chi connectivity index (χ0) is 23.0.